The average molecular weight is 349 g/mol. The zero-order chi connectivity index (χ0) is 15.0. The number of benzene rings is 2. The van der Waals surface area contributed by atoms with E-state index in [1.165, 1.54) is 12.1 Å². The Morgan fingerprint density at radius 2 is 1.71 bits per heavy atom. The van der Waals surface area contributed by atoms with Crippen LogP contribution in [-0.4, -0.2) is 6.79 Å². The van der Waals surface area contributed by atoms with Gasteiger partial charge in [0.2, 0.25) is 6.79 Å². The van der Waals surface area contributed by atoms with Gasteiger partial charge in [0.05, 0.1) is 15.1 Å². The highest BCUT2D eigenvalue weighted by Gasteiger charge is 2.18. The maximum Gasteiger partial charge on any atom is 0.231 e. The van der Waals surface area contributed by atoms with Gasteiger partial charge in [0.25, 0.3) is 0 Å². The number of nitrogens with one attached hydrogen (secondary N) is 1. The minimum absolute atomic E-state index is 0.0336. The second-order valence-electron chi connectivity index (χ2n) is 4.42. The van der Waals surface area contributed by atoms with Crippen LogP contribution < -0.4 is 14.8 Å². The first-order valence-electron chi connectivity index (χ1n) is 6.01. The number of rotatable bonds is 3. The van der Waals surface area contributed by atoms with Crippen molar-refractivity contribution in [3.8, 4) is 11.5 Å². The molecule has 1 aliphatic heterocycles. The van der Waals surface area contributed by atoms with E-state index in [-0.39, 0.29) is 16.8 Å². The summed E-state index contributed by atoms with van der Waals surface area (Å²) in [5.74, 6) is 0.526. The van der Waals surface area contributed by atoms with E-state index in [4.69, 9.17) is 44.3 Å². The third-order valence-corrected chi connectivity index (χ3v) is 3.80. The molecule has 0 amide bonds. The lowest BCUT2D eigenvalue weighted by molar-refractivity contribution is 0.174. The second kappa shape index (κ2) is 5.79. The molecule has 3 nitrogen and oxygen atoms in total. The van der Waals surface area contributed by atoms with Crippen molar-refractivity contribution < 1.29 is 13.9 Å². The fourth-order valence-electron chi connectivity index (χ4n) is 1.98. The van der Waals surface area contributed by atoms with Crippen molar-refractivity contribution in [2.45, 2.75) is 6.54 Å². The van der Waals surface area contributed by atoms with E-state index in [1.54, 1.807) is 6.07 Å². The Labute approximate surface area is 135 Å². The Kier molecular flexibility index (Phi) is 4.02. The SMILES string of the molecule is Fc1c(Cl)cc(NCc2cc(Cl)c3c(c2)OCO3)cc1Cl. The van der Waals surface area contributed by atoms with Gasteiger partial charge < -0.3 is 14.8 Å². The standard InChI is InChI=1S/C14H9Cl3FNO2/c15-9-3-8(4-10(16)13(9)18)19-5-7-1-11(17)14-12(2-7)20-6-21-14/h1-4,19H,5-6H2. The summed E-state index contributed by atoms with van der Waals surface area (Å²) < 4.78 is 23.9. The molecule has 7 heteroatoms. The Bertz CT molecular complexity index is 686. The summed E-state index contributed by atoms with van der Waals surface area (Å²) >= 11 is 17.6. The van der Waals surface area contributed by atoms with Gasteiger partial charge in [0.1, 0.15) is 0 Å². The first kappa shape index (κ1) is 14.6. The Morgan fingerprint density at radius 1 is 1.00 bits per heavy atom. The summed E-state index contributed by atoms with van der Waals surface area (Å²) in [7, 11) is 0. The van der Waals surface area contributed by atoms with Gasteiger partial charge >= 0.3 is 0 Å². The molecule has 110 valence electrons. The van der Waals surface area contributed by atoms with Crippen LogP contribution in [0.4, 0.5) is 10.1 Å². The van der Waals surface area contributed by atoms with Gasteiger partial charge in [-0.2, -0.15) is 0 Å². The van der Waals surface area contributed by atoms with Crippen LogP contribution in [-0.2, 0) is 6.54 Å². The Hall–Kier alpha value is -1.36. The summed E-state index contributed by atoms with van der Waals surface area (Å²) in [6.45, 7) is 0.615. The predicted octanol–water partition coefficient (Wildman–Crippen LogP) is 5.13. The molecule has 0 aromatic heterocycles. The minimum atomic E-state index is -0.630. The van der Waals surface area contributed by atoms with Crippen molar-refractivity contribution in [2.24, 2.45) is 0 Å². The quantitative estimate of drug-likeness (QED) is 0.780. The largest absolute Gasteiger partial charge is 0.454 e. The van der Waals surface area contributed by atoms with Crippen molar-refractivity contribution in [3.05, 3.63) is 50.7 Å². The van der Waals surface area contributed by atoms with E-state index in [2.05, 4.69) is 5.32 Å². The first-order chi connectivity index (χ1) is 10.0. The maximum absolute atomic E-state index is 13.3. The van der Waals surface area contributed by atoms with Crippen molar-refractivity contribution >= 4 is 40.5 Å². The van der Waals surface area contributed by atoms with E-state index in [0.717, 1.165) is 5.56 Å². The van der Waals surface area contributed by atoms with Gasteiger partial charge in [-0.15, -0.1) is 0 Å². The van der Waals surface area contributed by atoms with Gasteiger partial charge in [-0.25, -0.2) is 4.39 Å². The molecule has 0 atom stereocenters. The number of fused-ring (bicyclic) bond motifs is 1. The molecule has 0 bridgehead atoms. The van der Waals surface area contributed by atoms with Crippen LogP contribution in [0.25, 0.3) is 0 Å². The molecule has 0 saturated carbocycles. The highest BCUT2D eigenvalue weighted by Crippen LogP contribution is 2.40. The van der Waals surface area contributed by atoms with Crippen LogP contribution in [0, 0.1) is 5.82 Å². The number of anilines is 1. The lowest BCUT2D eigenvalue weighted by Gasteiger charge is -2.10. The Morgan fingerprint density at radius 3 is 2.43 bits per heavy atom. The van der Waals surface area contributed by atoms with Crippen LogP contribution in [0.1, 0.15) is 5.56 Å². The first-order valence-corrected chi connectivity index (χ1v) is 7.14. The number of hydrogen-bond donors (Lipinski definition) is 1. The van der Waals surface area contributed by atoms with Crippen molar-refractivity contribution in [3.63, 3.8) is 0 Å². The molecule has 21 heavy (non-hydrogen) atoms. The highest BCUT2D eigenvalue weighted by molar-refractivity contribution is 6.35. The monoisotopic (exact) mass is 347 g/mol. The van der Waals surface area contributed by atoms with E-state index in [0.29, 0.717) is 28.8 Å². The van der Waals surface area contributed by atoms with Crippen molar-refractivity contribution in [2.75, 3.05) is 12.1 Å². The van der Waals surface area contributed by atoms with Crippen LogP contribution in [0.3, 0.4) is 0 Å². The van der Waals surface area contributed by atoms with Crippen molar-refractivity contribution in [1.29, 1.82) is 0 Å². The molecule has 3 rings (SSSR count). The summed E-state index contributed by atoms with van der Waals surface area (Å²) in [5, 5.41) is 3.51. The molecule has 0 saturated heterocycles. The lowest BCUT2D eigenvalue weighted by atomic mass is 10.2. The topological polar surface area (TPSA) is 30.5 Å². The molecule has 0 fully saturated rings. The normalized spacial score (nSPS) is 12.6. The van der Waals surface area contributed by atoms with Gasteiger partial charge in [-0.3, -0.25) is 0 Å². The lowest BCUT2D eigenvalue weighted by Crippen LogP contribution is -2.00. The molecule has 1 heterocycles. The molecule has 0 unspecified atom stereocenters. The molecular weight excluding hydrogens is 340 g/mol. The predicted molar refractivity (Wildman–Crippen MR) is 81.3 cm³/mol. The number of hydrogen-bond acceptors (Lipinski definition) is 3. The fourth-order valence-corrected chi connectivity index (χ4v) is 2.76. The van der Waals surface area contributed by atoms with E-state index in [9.17, 15) is 4.39 Å². The van der Waals surface area contributed by atoms with Crippen LogP contribution in [0.15, 0.2) is 24.3 Å². The zero-order valence-corrected chi connectivity index (χ0v) is 12.8. The molecule has 2 aromatic rings. The minimum Gasteiger partial charge on any atom is -0.454 e. The number of halogens is 4. The summed E-state index contributed by atoms with van der Waals surface area (Å²) in [4.78, 5) is 0. The molecule has 0 radical (unpaired) electrons. The summed E-state index contributed by atoms with van der Waals surface area (Å²) in [6.07, 6.45) is 0. The maximum atomic E-state index is 13.3. The molecule has 0 aliphatic carbocycles. The third kappa shape index (κ3) is 2.98. The van der Waals surface area contributed by atoms with Gasteiger partial charge in [0, 0.05) is 12.2 Å². The van der Waals surface area contributed by atoms with E-state index in [1.807, 2.05) is 6.07 Å². The van der Waals surface area contributed by atoms with Gasteiger partial charge in [-0.05, 0) is 29.8 Å². The molecule has 1 aliphatic rings. The fraction of sp³-hybridized carbons (Fsp3) is 0.143. The molecule has 0 spiro atoms. The molecule has 1 N–H and O–H groups in total. The van der Waals surface area contributed by atoms with Gasteiger partial charge in [-0.1, -0.05) is 34.8 Å². The number of ether oxygens (including phenoxy) is 2. The highest BCUT2D eigenvalue weighted by atomic mass is 35.5. The van der Waals surface area contributed by atoms with E-state index >= 15 is 0 Å². The van der Waals surface area contributed by atoms with Crippen LogP contribution in [0.5, 0.6) is 11.5 Å². The van der Waals surface area contributed by atoms with Gasteiger partial charge in [0.15, 0.2) is 17.3 Å². The van der Waals surface area contributed by atoms with Crippen LogP contribution >= 0.6 is 34.8 Å². The smallest absolute Gasteiger partial charge is 0.231 e. The second-order valence-corrected chi connectivity index (χ2v) is 5.64. The molecular formula is C14H9Cl3FNO2. The summed E-state index contributed by atoms with van der Waals surface area (Å²) in [5.41, 5.74) is 1.50. The van der Waals surface area contributed by atoms with Crippen molar-refractivity contribution in [1.82, 2.24) is 0 Å². The van der Waals surface area contributed by atoms with Crippen LogP contribution in [0.2, 0.25) is 15.1 Å². The Balaban J connectivity index is 1.78. The molecule has 2 aromatic carbocycles. The van der Waals surface area contributed by atoms with E-state index < -0.39 is 5.82 Å². The average Bonchev–Trinajstić information content (AvgIpc) is 2.91. The third-order valence-electron chi connectivity index (χ3n) is 2.97. The zero-order valence-electron chi connectivity index (χ0n) is 10.6. The summed E-state index contributed by atoms with van der Waals surface area (Å²) in [6, 6.07) is 6.54.